The lowest BCUT2D eigenvalue weighted by molar-refractivity contribution is -0.197. The monoisotopic (exact) mass is 480 g/mol. The van der Waals surface area contributed by atoms with Gasteiger partial charge in [0.25, 0.3) is 0 Å². The van der Waals surface area contributed by atoms with Crippen molar-refractivity contribution in [2.24, 2.45) is 33.5 Å². The van der Waals surface area contributed by atoms with Crippen molar-refractivity contribution >= 4 is 11.9 Å². The first-order valence-corrected chi connectivity index (χ1v) is 13.1. The summed E-state index contributed by atoms with van der Waals surface area (Å²) >= 11 is 0. The van der Waals surface area contributed by atoms with Crippen LogP contribution < -0.4 is 0 Å². The smallest absolute Gasteiger partial charge is 0.303 e. The number of carbonyl (C=O) groups is 2. The molecule has 4 aliphatic rings. The molecule has 2 fully saturated rings. The summed E-state index contributed by atoms with van der Waals surface area (Å²) in [6.07, 6.45) is 13.9. The molecule has 0 saturated heterocycles. The van der Waals surface area contributed by atoms with Gasteiger partial charge in [-0.3, -0.25) is 9.59 Å². The summed E-state index contributed by atoms with van der Waals surface area (Å²) in [6.45, 7) is 14.6. The van der Waals surface area contributed by atoms with E-state index < -0.39 is 0 Å². The van der Waals surface area contributed by atoms with E-state index in [9.17, 15) is 9.59 Å². The van der Waals surface area contributed by atoms with Crippen molar-refractivity contribution in [3.05, 3.63) is 48.0 Å². The minimum atomic E-state index is -0.287. The maximum atomic E-state index is 12.4. The normalized spacial score (nSPS) is 43.4. The van der Waals surface area contributed by atoms with E-state index in [1.54, 1.807) is 6.26 Å². The highest BCUT2D eigenvalue weighted by molar-refractivity contribution is 5.67. The molecule has 0 aliphatic heterocycles. The molecule has 5 heteroatoms. The molecule has 0 amide bonds. The fourth-order valence-electron chi connectivity index (χ4n) is 9.10. The Kier molecular flexibility index (Phi) is 5.47. The molecule has 3 unspecified atom stereocenters. The molecule has 5 nitrogen and oxygen atoms in total. The number of rotatable bonds is 3. The van der Waals surface area contributed by atoms with E-state index in [2.05, 4.69) is 58.9 Å². The van der Waals surface area contributed by atoms with Crippen LogP contribution in [0, 0.1) is 33.5 Å². The lowest BCUT2D eigenvalue weighted by Crippen LogP contribution is -2.64. The van der Waals surface area contributed by atoms with Crippen LogP contribution in [0.25, 0.3) is 0 Å². The zero-order valence-electron chi connectivity index (χ0n) is 22.2. The molecule has 0 bridgehead atoms. The number of carbonyl (C=O) groups excluding carboxylic acids is 2. The van der Waals surface area contributed by atoms with Gasteiger partial charge in [0.2, 0.25) is 0 Å². The lowest BCUT2D eigenvalue weighted by Gasteiger charge is -2.67. The molecule has 0 N–H and O–H groups in total. The van der Waals surface area contributed by atoms with Crippen molar-refractivity contribution in [3.8, 4) is 0 Å². The molecule has 1 heterocycles. The summed E-state index contributed by atoms with van der Waals surface area (Å²) in [4.78, 5) is 24.3. The van der Waals surface area contributed by atoms with Crippen molar-refractivity contribution in [3.63, 3.8) is 0 Å². The number of esters is 2. The number of fused-ring (bicyclic) bond motifs is 5. The first-order chi connectivity index (χ1) is 16.3. The molecule has 2 saturated carbocycles. The third-order valence-electron chi connectivity index (χ3n) is 10.6. The molecule has 1 aromatic rings. The Hall–Kier alpha value is -2.30. The topological polar surface area (TPSA) is 65.7 Å². The fourth-order valence-corrected chi connectivity index (χ4v) is 9.10. The summed E-state index contributed by atoms with van der Waals surface area (Å²) in [5.41, 5.74) is 2.07. The van der Waals surface area contributed by atoms with Gasteiger partial charge in [-0.1, -0.05) is 52.3 Å². The van der Waals surface area contributed by atoms with Gasteiger partial charge in [-0.15, -0.1) is 0 Å². The van der Waals surface area contributed by atoms with Crippen LogP contribution in [0.4, 0.5) is 0 Å². The Bertz CT molecular complexity index is 1080. The van der Waals surface area contributed by atoms with Crippen LogP contribution in [0.15, 0.2) is 46.8 Å². The molecule has 35 heavy (non-hydrogen) atoms. The predicted octanol–water partition coefficient (Wildman–Crippen LogP) is 6.60. The van der Waals surface area contributed by atoms with E-state index in [-0.39, 0.29) is 51.7 Å². The highest BCUT2D eigenvalue weighted by atomic mass is 16.5. The maximum absolute atomic E-state index is 12.4. The van der Waals surface area contributed by atoms with E-state index in [1.165, 1.54) is 25.0 Å². The third-order valence-corrected chi connectivity index (χ3v) is 10.6. The van der Waals surface area contributed by atoms with E-state index >= 15 is 0 Å². The largest absolute Gasteiger partial charge is 0.472 e. The van der Waals surface area contributed by atoms with Crippen LogP contribution >= 0.6 is 0 Å². The van der Waals surface area contributed by atoms with Crippen LogP contribution in [-0.2, 0) is 19.1 Å². The molecule has 190 valence electrons. The lowest BCUT2D eigenvalue weighted by atomic mass is 9.38. The van der Waals surface area contributed by atoms with Gasteiger partial charge in [-0.25, -0.2) is 0 Å². The van der Waals surface area contributed by atoms with Gasteiger partial charge in [0.1, 0.15) is 12.2 Å². The summed E-state index contributed by atoms with van der Waals surface area (Å²) in [6, 6.07) is 2.10. The predicted molar refractivity (Wildman–Crippen MR) is 133 cm³/mol. The van der Waals surface area contributed by atoms with E-state index in [1.807, 2.05) is 6.26 Å². The number of furan rings is 1. The highest BCUT2D eigenvalue weighted by Gasteiger charge is 2.68. The molecule has 1 aromatic heterocycles. The van der Waals surface area contributed by atoms with Gasteiger partial charge >= 0.3 is 11.9 Å². The van der Waals surface area contributed by atoms with Crippen molar-refractivity contribution in [2.75, 3.05) is 0 Å². The van der Waals surface area contributed by atoms with Gasteiger partial charge in [0.05, 0.1) is 12.5 Å². The first-order valence-electron chi connectivity index (χ1n) is 13.1. The second-order valence-electron chi connectivity index (χ2n) is 12.7. The average molecular weight is 481 g/mol. The standard InChI is InChI=1S/C30H40O5/c1-18(31)34-25-11-14-29(6)23-10-13-28(5)21(20-12-15-33-17-20)8-9-22(28)30(23,7)26(35-19(2)32)16-24(29)27(25,3)4/h9,11-12,14-15,17,21,23-26H,8,10,13,16H2,1-7H3/t21-,23?,24?,25?,26+,28-,29+,30-/m0/s1. The molecule has 5 rings (SSSR count). The Balaban J connectivity index is 1.61. The van der Waals surface area contributed by atoms with Gasteiger partial charge in [-0.05, 0) is 72.0 Å². The number of hydrogen-bond donors (Lipinski definition) is 0. The van der Waals surface area contributed by atoms with Gasteiger partial charge < -0.3 is 13.9 Å². The second-order valence-corrected chi connectivity index (χ2v) is 12.7. The van der Waals surface area contributed by atoms with Crippen LogP contribution in [0.5, 0.6) is 0 Å². The molecule has 0 spiro atoms. The summed E-state index contributed by atoms with van der Waals surface area (Å²) < 4.78 is 17.4. The van der Waals surface area contributed by atoms with E-state index in [0.29, 0.717) is 11.8 Å². The Morgan fingerprint density at radius 1 is 1.03 bits per heavy atom. The molecule has 0 aromatic carbocycles. The first kappa shape index (κ1) is 24.4. The van der Waals surface area contributed by atoms with E-state index in [4.69, 9.17) is 13.9 Å². The number of ether oxygens (including phenoxy) is 2. The Morgan fingerprint density at radius 3 is 2.37 bits per heavy atom. The summed E-state index contributed by atoms with van der Waals surface area (Å²) in [7, 11) is 0. The average Bonchev–Trinajstić information content (AvgIpc) is 3.39. The molecule has 8 atom stereocenters. The fraction of sp³-hybridized carbons (Fsp3) is 0.667. The Morgan fingerprint density at radius 2 is 1.74 bits per heavy atom. The van der Waals surface area contributed by atoms with E-state index in [0.717, 1.165) is 25.7 Å². The maximum Gasteiger partial charge on any atom is 0.303 e. The van der Waals surface area contributed by atoms with Crippen LogP contribution in [0.2, 0.25) is 0 Å². The highest BCUT2D eigenvalue weighted by Crippen LogP contribution is 2.73. The minimum Gasteiger partial charge on any atom is -0.472 e. The number of allylic oxidation sites excluding steroid dienone is 2. The van der Waals surface area contributed by atoms with Crippen LogP contribution in [-0.4, -0.2) is 24.1 Å². The summed E-state index contributed by atoms with van der Waals surface area (Å²) in [5.74, 6) is 0.418. The van der Waals surface area contributed by atoms with Gasteiger partial charge in [0.15, 0.2) is 0 Å². The quantitative estimate of drug-likeness (QED) is 0.360. The van der Waals surface area contributed by atoms with Crippen molar-refractivity contribution in [2.45, 2.75) is 92.3 Å². The SMILES string of the molecule is CC(=O)OC1C=C[C@@]2(C)C(C[C@@H](OC(C)=O)[C@@]3(C)C4=CC[C@@H](c5ccoc5)[C@]4(C)CCC23)C1(C)C. The Labute approximate surface area is 209 Å². The van der Waals surface area contributed by atoms with Gasteiger partial charge in [0, 0.05) is 24.7 Å². The van der Waals surface area contributed by atoms with Crippen molar-refractivity contribution in [1.82, 2.24) is 0 Å². The number of hydrogen-bond acceptors (Lipinski definition) is 5. The zero-order chi connectivity index (χ0) is 25.4. The minimum absolute atomic E-state index is 0.00486. The third kappa shape index (κ3) is 3.33. The summed E-state index contributed by atoms with van der Waals surface area (Å²) in [5, 5.41) is 0. The van der Waals surface area contributed by atoms with Crippen LogP contribution in [0.3, 0.4) is 0 Å². The van der Waals surface area contributed by atoms with Gasteiger partial charge in [-0.2, -0.15) is 0 Å². The molecular weight excluding hydrogens is 440 g/mol. The molecule has 0 radical (unpaired) electrons. The second kappa shape index (κ2) is 7.85. The zero-order valence-corrected chi connectivity index (χ0v) is 22.2. The van der Waals surface area contributed by atoms with Crippen molar-refractivity contribution < 1.29 is 23.5 Å². The molecular formula is C30H40O5. The van der Waals surface area contributed by atoms with Crippen LogP contribution in [0.1, 0.15) is 85.6 Å². The van der Waals surface area contributed by atoms with Crippen molar-refractivity contribution in [1.29, 1.82) is 0 Å². The molecule has 4 aliphatic carbocycles.